The van der Waals surface area contributed by atoms with Crippen LogP contribution in [0.1, 0.15) is 36.2 Å². The molecule has 2 aliphatic rings. The first-order chi connectivity index (χ1) is 12.6. The van der Waals surface area contributed by atoms with E-state index in [4.69, 9.17) is 5.73 Å². The Labute approximate surface area is 179 Å². The van der Waals surface area contributed by atoms with E-state index >= 15 is 0 Å². The molecule has 7 nitrogen and oxygen atoms in total. The van der Waals surface area contributed by atoms with Gasteiger partial charge in [0.05, 0.1) is 5.69 Å². The molecule has 154 valence electrons. The number of piperidine rings is 1. The van der Waals surface area contributed by atoms with Crippen LogP contribution in [0.4, 0.5) is 5.13 Å². The van der Waals surface area contributed by atoms with Gasteiger partial charge in [-0.3, -0.25) is 14.2 Å². The van der Waals surface area contributed by atoms with Gasteiger partial charge in [-0.2, -0.15) is 0 Å². The number of amides is 1. The molecule has 0 radical (unpaired) electrons. The monoisotopic (exact) mass is 445 g/mol. The maximum Gasteiger partial charge on any atom is 0.251 e. The van der Waals surface area contributed by atoms with Gasteiger partial charge in [-0.1, -0.05) is 6.07 Å². The molecule has 1 saturated heterocycles. The average Bonchev–Trinajstić information content (AvgIpc) is 3.05. The fraction of sp³-hybridized carbons (Fsp3) is 0.500. The van der Waals surface area contributed by atoms with Crippen molar-refractivity contribution in [2.45, 2.75) is 31.2 Å². The summed E-state index contributed by atoms with van der Waals surface area (Å²) >= 11 is 1.43. The number of nitrogens with zero attached hydrogens (tertiary/aromatic N) is 2. The minimum absolute atomic E-state index is 0. The molecule has 1 fully saturated rings. The van der Waals surface area contributed by atoms with Crippen LogP contribution in [0, 0.1) is 5.92 Å². The number of nitrogen functional groups attached to an aromatic ring is 1. The van der Waals surface area contributed by atoms with E-state index < -0.39 is 6.04 Å². The van der Waals surface area contributed by atoms with Crippen LogP contribution in [-0.4, -0.2) is 35.1 Å². The van der Waals surface area contributed by atoms with Crippen molar-refractivity contribution in [1.82, 2.24) is 20.2 Å². The van der Waals surface area contributed by atoms with Crippen molar-refractivity contribution in [3.8, 4) is 0 Å². The fourth-order valence-corrected chi connectivity index (χ4v) is 4.75. The number of hydrogen-bond acceptors (Lipinski definition) is 6. The molecule has 3 atom stereocenters. The third-order valence-corrected chi connectivity index (χ3v) is 6.02. The zero-order chi connectivity index (χ0) is 18.1. The van der Waals surface area contributed by atoms with Gasteiger partial charge >= 0.3 is 0 Å². The molecule has 0 spiro atoms. The molecular formula is C18H25Cl2N5O2S. The van der Waals surface area contributed by atoms with Crippen LogP contribution in [0.2, 0.25) is 0 Å². The summed E-state index contributed by atoms with van der Waals surface area (Å²) in [7, 11) is 0. The molecule has 10 heteroatoms. The largest absolute Gasteiger partial charge is 0.375 e. The van der Waals surface area contributed by atoms with Crippen LogP contribution in [0.25, 0.3) is 0 Å². The van der Waals surface area contributed by atoms with E-state index in [2.05, 4.69) is 15.6 Å². The Morgan fingerprint density at radius 2 is 2.18 bits per heavy atom. The zero-order valence-electron chi connectivity index (χ0n) is 15.3. The molecule has 0 saturated carbocycles. The number of anilines is 1. The fourth-order valence-electron chi connectivity index (χ4n) is 4.15. The number of thiazole rings is 1. The molecule has 4 rings (SSSR count). The summed E-state index contributed by atoms with van der Waals surface area (Å²) in [4.78, 5) is 29.6. The van der Waals surface area contributed by atoms with E-state index in [1.807, 2.05) is 11.4 Å². The van der Waals surface area contributed by atoms with E-state index in [0.717, 1.165) is 43.7 Å². The standard InChI is InChI=1S/C18H23N5O2S.2ClH/c19-18-22-13(10-26-18)3-2-6-21-17(25)16-12-7-11(8-20-9-12)14-4-1-5-15(24)23(14)16;;/h1,4-5,10-12,16,20H,2-3,6-9H2,(H2,19,22)(H,21,25);2*1H/t11-,12+,16-;;/m1../s1. The molecule has 2 aliphatic heterocycles. The van der Waals surface area contributed by atoms with E-state index in [1.54, 1.807) is 16.7 Å². The molecule has 28 heavy (non-hydrogen) atoms. The van der Waals surface area contributed by atoms with Crippen LogP contribution >= 0.6 is 36.2 Å². The van der Waals surface area contributed by atoms with Gasteiger partial charge in [-0.15, -0.1) is 36.2 Å². The van der Waals surface area contributed by atoms with Crippen LogP contribution in [0.5, 0.6) is 0 Å². The van der Waals surface area contributed by atoms with E-state index in [-0.39, 0.29) is 42.2 Å². The van der Waals surface area contributed by atoms with Gasteiger partial charge in [-0.25, -0.2) is 4.98 Å². The summed E-state index contributed by atoms with van der Waals surface area (Å²) in [6.45, 7) is 2.20. The summed E-state index contributed by atoms with van der Waals surface area (Å²) in [5.41, 5.74) is 7.48. The summed E-state index contributed by atoms with van der Waals surface area (Å²) in [6.07, 6.45) is 2.53. The van der Waals surface area contributed by atoms with Gasteiger partial charge in [0, 0.05) is 48.6 Å². The second-order valence-electron chi connectivity index (χ2n) is 7.03. The highest BCUT2D eigenvalue weighted by Crippen LogP contribution is 2.38. The molecule has 1 amide bonds. The van der Waals surface area contributed by atoms with Crippen molar-refractivity contribution in [2.24, 2.45) is 5.92 Å². The first-order valence-electron chi connectivity index (χ1n) is 9.03. The lowest BCUT2D eigenvalue weighted by Gasteiger charge is -2.42. The lowest BCUT2D eigenvalue weighted by Crippen LogP contribution is -2.52. The SMILES string of the molecule is Cl.Cl.Nc1nc(CCCNC(=O)[C@H]2[C@@H]3CNC[C@@H](C3)c3cccc(=O)n32)cs1. The number of aryl methyl sites for hydroxylation is 1. The van der Waals surface area contributed by atoms with Crippen LogP contribution in [-0.2, 0) is 11.2 Å². The van der Waals surface area contributed by atoms with E-state index in [0.29, 0.717) is 17.6 Å². The topological polar surface area (TPSA) is 102 Å². The maximum absolute atomic E-state index is 12.9. The van der Waals surface area contributed by atoms with Gasteiger partial charge in [0.25, 0.3) is 5.56 Å². The maximum atomic E-state index is 12.9. The number of carbonyl (C=O) groups is 1. The number of rotatable bonds is 5. The first-order valence-corrected chi connectivity index (χ1v) is 9.91. The predicted molar refractivity (Wildman–Crippen MR) is 116 cm³/mol. The highest BCUT2D eigenvalue weighted by Gasteiger charge is 2.41. The number of nitrogens with one attached hydrogen (secondary N) is 2. The van der Waals surface area contributed by atoms with Gasteiger partial charge in [0.2, 0.25) is 5.91 Å². The number of halogens is 2. The van der Waals surface area contributed by atoms with Crippen molar-refractivity contribution in [3.63, 3.8) is 0 Å². The third-order valence-electron chi connectivity index (χ3n) is 5.30. The summed E-state index contributed by atoms with van der Waals surface area (Å²) in [6, 6.07) is 4.88. The highest BCUT2D eigenvalue weighted by atomic mass is 35.5. The number of aromatic nitrogens is 2. The quantitative estimate of drug-likeness (QED) is 0.608. The van der Waals surface area contributed by atoms with Crippen LogP contribution in [0.15, 0.2) is 28.4 Å². The van der Waals surface area contributed by atoms with Crippen LogP contribution in [0.3, 0.4) is 0 Å². The van der Waals surface area contributed by atoms with Crippen LogP contribution < -0.4 is 21.9 Å². The summed E-state index contributed by atoms with van der Waals surface area (Å²) in [5.74, 6) is 0.394. The molecule has 0 aliphatic carbocycles. The second kappa shape index (κ2) is 9.73. The lowest BCUT2D eigenvalue weighted by atomic mass is 9.79. The third kappa shape index (κ3) is 4.51. The molecule has 4 N–H and O–H groups in total. The van der Waals surface area contributed by atoms with Crippen molar-refractivity contribution < 1.29 is 4.79 Å². The van der Waals surface area contributed by atoms with Crippen molar-refractivity contribution in [3.05, 3.63) is 45.3 Å². The Hall–Kier alpha value is -1.61. The number of fused-ring (bicyclic) bond motifs is 4. The van der Waals surface area contributed by atoms with Gasteiger partial charge < -0.3 is 16.4 Å². The molecule has 2 bridgehead atoms. The Balaban J connectivity index is 0.00000140. The minimum Gasteiger partial charge on any atom is -0.375 e. The summed E-state index contributed by atoms with van der Waals surface area (Å²) < 4.78 is 1.72. The molecule has 2 aromatic rings. The average molecular weight is 446 g/mol. The van der Waals surface area contributed by atoms with E-state index in [9.17, 15) is 9.59 Å². The minimum atomic E-state index is -0.433. The summed E-state index contributed by atoms with van der Waals surface area (Å²) in [5, 5.41) is 8.94. The van der Waals surface area contributed by atoms with Crippen molar-refractivity contribution in [2.75, 3.05) is 25.4 Å². The van der Waals surface area contributed by atoms with Gasteiger partial charge in [0.1, 0.15) is 6.04 Å². The van der Waals surface area contributed by atoms with Gasteiger partial charge in [-0.05, 0) is 25.3 Å². The highest BCUT2D eigenvalue weighted by molar-refractivity contribution is 7.13. The number of carbonyl (C=O) groups excluding carboxylic acids is 1. The Morgan fingerprint density at radius 3 is 2.93 bits per heavy atom. The molecule has 0 unspecified atom stereocenters. The predicted octanol–water partition coefficient (Wildman–Crippen LogP) is 1.73. The smallest absolute Gasteiger partial charge is 0.251 e. The Morgan fingerprint density at radius 1 is 1.36 bits per heavy atom. The number of pyridine rings is 1. The lowest BCUT2D eigenvalue weighted by molar-refractivity contribution is -0.127. The normalized spacial score (nSPS) is 22.4. The molecular weight excluding hydrogens is 421 g/mol. The number of hydrogen-bond donors (Lipinski definition) is 3. The van der Waals surface area contributed by atoms with Crippen molar-refractivity contribution in [1.29, 1.82) is 0 Å². The second-order valence-corrected chi connectivity index (χ2v) is 7.92. The van der Waals surface area contributed by atoms with E-state index in [1.165, 1.54) is 11.3 Å². The zero-order valence-corrected chi connectivity index (χ0v) is 17.7. The first kappa shape index (κ1) is 22.7. The molecule has 2 aromatic heterocycles. The molecule has 4 heterocycles. The van der Waals surface area contributed by atoms with Gasteiger partial charge in [0.15, 0.2) is 5.13 Å². The van der Waals surface area contributed by atoms with Crippen molar-refractivity contribution >= 4 is 47.2 Å². The number of nitrogens with two attached hydrogens (primary N) is 1. The Kier molecular flexibility index (Phi) is 7.88. The molecule has 0 aromatic carbocycles. The Bertz CT molecular complexity index is 872.